The van der Waals surface area contributed by atoms with E-state index in [1.807, 2.05) is 0 Å². The summed E-state index contributed by atoms with van der Waals surface area (Å²) in [5, 5.41) is 19.7. The third-order valence-corrected chi connectivity index (χ3v) is 3.37. The van der Waals surface area contributed by atoms with Gasteiger partial charge in [-0.15, -0.1) is 0 Å². The summed E-state index contributed by atoms with van der Waals surface area (Å²) >= 11 is 6.54. The van der Waals surface area contributed by atoms with Gasteiger partial charge in [0.2, 0.25) is 0 Å². The van der Waals surface area contributed by atoms with Gasteiger partial charge in [-0.2, -0.15) is 15.2 Å². The molecular formula is C11H9Br2N5O2. The van der Waals surface area contributed by atoms with Gasteiger partial charge in [-0.25, -0.2) is 9.89 Å². The number of halogens is 2. The number of aryl methyl sites for hydroxylation is 1. The zero-order valence-corrected chi connectivity index (χ0v) is 13.4. The number of rotatable bonds is 3. The average molecular weight is 403 g/mol. The van der Waals surface area contributed by atoms with Gasteiger partial charge < -0.3 is 5.11 Å². The third-order valence-electron chi connectivity index (χ3n) is 2.31. The summed E-state index contributed by atoms with van der Waals surface area (Å²) < 4.78 is 1.33. The van der Waals surface area contributed by atoms with Crippen LogP contribution in [0.2, 0.25) is 0 Å². The van der Waals surface area contributed by atoms with Crippen LogP contribution in [-0.4, -0.2) is 26.5 Å². The summed E-state index contributed by atoms with van der Waals surface area (Å²) in [6.07, 6.45) is 1.41. The number of aromatic nitrogens is 3. The number of benzene rings is 1. The molecule has 3 N–H and O–H groups in total. The minimum Gasteiger partial charge on any atom is -0.506 e. The van der Waals surface area contributed by atoms with Crippen molar-refractivity contribution in [2.75, 3.05) is 5.43 Å². The summed E-state index contributed by atoms with van der Waals surface area (Å²) in [7, 11) is 0. The monoisotopic (exact) mass is 401 g/mol. The van der Waals surface area contributed by atoms with Crippen LogP contribution in [0, 0.1) is 6.92 Å². The molecule has 2 rings (SSSR count). The van der Waals surface area contributed by atoms with E-state index in [4.69, 9.17) is 0 Å². The number of hydrazone groups is 1. The van der Waals surface area contributed by atoms with Crippen LogP contribution in [0.1, 0.15) is 11.3 Å². The van der Waals surface area contributed by atoms with Gasteiger partial charge in [-0.1, -0.05) is 15.9 Å². The lowest BCUT2D eigenvalue weighted by Gasteiger charge is -2.03. The van der Waals surface area contributed by atoms with Crippen molar-refractivity contribution in [1.82, 2.24) is 15.2 Å². The number of hydrogen-bond donors (Lipinski definition) is 3. The van der Waals surface area contributed by atoms with Crippen molar-refractivity contribution in [2.24, 2.45) is 5.10 Å². The largest absolute Gasteiger partial charge is 0.506 e. The molecule has 0 spiro atoms. The molecule has 0 aliphatic carbocycles. The topological polar surface area (TPSA) is 103 Å². The molecule has 0 fully saturated rings. The second-order valence-corrected chi connectivity index (χ2v) is 5.54. The van der Waals surface area contributed by atoms with E-state index >= 15 is 0 Å². The Kier molecular flexibility index (Phi) is 4.50. The van der Waals surface area contributed by atoms with Crippen LogP contribution >= 0.6 is 31.9 Å². The van der Waals surface area contributed by atoms with Crippen molar-refractivity contribution in [2.45, 2.75) is 6.92 Å². The minimum atomic E-state index is -0.568. The molecule has 0 aliphatic heterocycles. The molecule has 2 aromatic rings. The van der Waals surface area contributed by atoms with Crippen LogP contribution in [0.5, 0.6) is 5.75 Å². The maximum absolute atomic E-state index is 11.0. The highest BCUT2D eigenvalue weighted by Crippen LogP contribution is 2.30. The van der Waals surface area contributed by atoms with Gasteiger partial charge >= 0.3 is 5.69 Å². The molecule has 0 atom stereocenters. The van der Waals surface area contributed by atoms with E-state index in [-0.39, 0.29) is 11.6 Å². The number of aromatic hydroxyl groups is 1. The van der Waals surface area contributed by atoms with Crippen molar-refractivity contribution < 1.29 is 5.11 Å². The molecule has 0 unspecified atom stereocenters. The van der Waals surface area contributed by atoms with Gasteiger partial charge in [0.05, 0.1) is 10.7 Å². The summed E-state index contributed by atoms with van der Waals surface area (Å²) in [4.78, 5) is 14.7. The Morgan fingerprint density at radius 1 is 1.45 bits per heavy atom. The highest BCUT2D eigenvalue weighted by atomic mass is 79.9. The van der Waals surface area contributed by atoms with Crippen LogP contribution in [0.3, 0.4) is 0 Å². The Labute approximate surface area is 130 Å². The van der Waals surface area contributed by atoms with Crippen LogP contribution in [0.25, 0.3) is 0 Å². The minimum absolute atomic E-state index is 0.0625. The van der Waals surface area contributed by atoms with Crippen molar-refractivity contribution in [1.29, 1.82) is 0 Å². The van der Waals surface area contributed by atoms with Crippen molar-refractivity contribution in [3.63, 3.8) is 0 Å². The number of hydrogen-bond acceptors (Lipinski definition) is 6. The Morgan fingerprint density at radius 3 is 2.95 bits per heavy atom. The Bertz CT molecular complexity index is 729. The zero-order chi connectivity index (χ0) is 14.7. The van der Waals surface area contributed by atoms with E-state index in [2.05, 4.69) is 57.6 Å². The van der Waals surface area contributed by atoms with Crippen molar-refractivity contribution >= 4 is 43.9 Å². The number of H-pyrrole nitrogens is 1. The fourth-order valence-corrected chi connectivity index (χ4v) is 2.60. The normalized spacial score (nSPS) is 10.9. The van der Waals surface area contributed by atoms with E-state index < -0.39 is 5.69 Å². The fourth-order valence-electron chi connectivity index (χ4n) is 1.35. The second kappa shape index (κ2) is 6.14. The van der Waals surface area contributed by atoms with Gasteiger partial charge in [0.1, 0.15) is 11.4 Å². The first kappa shape index (κ1) is 14.7. The smallest absolute Gasteiger partial charge is 0.363 e. The van der Waals surface area contributed by atoms with Gasteiger partial charge in [0.15, 0.2) is 5.82 Å². The van der Waals surface area contributed by atoms with Crippen LogP contribution < -0.4 is 11.1 Å². The molecule has 0 saturated carbocycles. The third kappa shape index (κ3) is 3.42. The van der Waals surface area contributed by atoms with Gasteiger partial charge in [-0.3, -0.25) is 5.43 Å². The lowest BCUT2D eigenvalue weighted by Crippen LogP contribution is -2.15. The molecule has 104 valence electrons. The molecule has 0 radical (unpaired) electrons. The molecule has 1 heterocycles. The predicted molar refractivity (Wildman–Crippen MR) is 82.1 cm³/mol. The van der Waals surface area contributed by atoms with Crippen LogP contribution in [0.4, 0.5) is 5.82 Å². The van der Waals surface area contributed by atoms with Crippen LogP contribution in [0.15, 0.2) is 31.0 Å². The molecule has 1 aromatic carbocycles. The quantitative estimate of drug-likeness (QED) is 0.539. The zero-order valence-electron chi connectivity index (χ0n) is 10.2. The fraction of sp³-hybridized carbons (Fsp3) is 0.0909. The standard InChI is InChI=1S/C11H9Br2N5O2/c1-5-10(15-11(20)18-16-5)17-14-4-6-2-7(12)3-8(13)9(6)19/h2-4,19H,1H3,(H2,15,17,18,20)/b14-4-. The lowest BCUT2D eigenvalue weighted by molar-refractivity contribution is 0.471. The van der Waals surface area contributed by atoms with Gasteiger partial charge in [-0.05, 0) is 35.0 Å². The number of phenols is 1. The van der Waals surface area contributed by atoms with Gasteiger partial charge in [0.25, 0.3) is 0 Å². The molecule has 7 nitrogen and oxygen atoms in total. The van der Waals surface area contributed by atoms with E-state index in [1.54, 1.807) is 19.1 Å². The summed E-state index contributed by atoms with van der Waals surface area (Å²) in [6.45, 7) is 1.67. The molecule has 9 heteroatoms. The molecule has 1 aromatic heterocycles. The Morgan fingerprint density at radius 2 is 2.20 bits per heavy atom. The van der Waals surface area contributed by atoms with Crippen molar-refractivity contribution in [3.05, 3.63) is 42.8 Å². The maximum atomic E-state index is 11.0. The van der Waals surface area contributed by atoms with E-state index in [0.29, 0.717) is 15.7 Å². The molecule has 20 heavy (non-hydrogen) atoms. The lowest BCUT2D eigenvalue weighted by atomic mass is 10.2. The molecule has 0 aliphatic rings. The average Bonchev–Trinajstić information content (AvgIpc) is 2.39. The summed E-state index contributed by atoms with van der Waals surface area (Å²) in [5.41, 5.74) is 3.03. The number of phenolic OH excluding ortho intramolecular Hbond substituents is 1. The van der Waals surface area contributed by atoms with Gasteiger partial charge in [0, 0.05) is 10.0 Å². The maximum Gasteiger partial charge on any atom is 0.363 e. The van der Waals surface area contributed by atoms with E-state index in [0.717, 1.165) is 4.47 Å². The number of nitrogens with one attached hydrogen (secondary N) is 2. The number of anilines is 1. The number of aromatic amines is 1. The Balaban J connectivity index is 2.22. The molecule has 0 amide bonds. The van der Waals surface area contributed by atoms with E-state index in [1.165, 1.54) is 6.21 Å². The highest BCUT2D eigenvalue weighted by Gasteiger charge is 2.05. The SMILES string of the molecule is Cc1n[nH]c(=O)nc1N/N=C\c1cc(Br)cc(Br)c1O. The van der Waals surface area contributed by atoms with E-state index in [9.17, 15) is 9.90 Å². The summed E-state index contributed by atoms with van der Waals surface area (Å²) in [6, 6.07) is 3.41. The molecule has 0 bridgehead atoms. The second-order valence-electron chi connectivity index (χ2n) is 3.77. The first-order valence-corrected chi connectivity index (χ1v) is 6.96. The number of nitrogens with zero attached hydrogens (tertiary/aromatic N) is 3. The molecular weight excluding hydrogens is 394 g/mol. The van der Waals surface area contributed by atoms with Crippen LogP contribution in [-0.2, 0) is 0 Å². The Hall–Kier alpha value is -1.74. The van der Waals surface area contributed by atoms with Crippen molar-refractivity contribution in [3.8, 4) is 5.75 Å². The highest BCUT2D eigenvalue weighted by molar-refractivity contribution is 9.11. The molecule has 0 saturated heterocycles. The summed E-state index contributed by atoms with van der Waals surface area (Å²) in [5.74, 6) is 0.311. The first-order valence-electron chi connectivity index (χ1n) is 5.38. The predicted octanol–water partition coefficient (Wildman–Crippen LogP) is 2.15. The first-order chi connectivity index (χ1) is 9.47.